The van der Waals surface area contributed by atoms with Crippen LogP contribution in [0.4, 0.5) is 4.79 Å². The summed E-state index contributed by atoms with van der Waals surface area (Å²) in [5, 5.41) is 11.8. The van der Waals surface area contributed by atoms with Gasteiger partial charge in [-0.05, 0) is 51.9 Å². The van der Waals surface area contributed by atoms with Crippen molar-refractivity contribution in [3.63, 3.8) is 0 Å². The van der Waals surface area contributed by atoms with Crippen LogP contribution in [0.5, 0.6) is 0 Å². The van der Waals surface area contributed by atoms with Crippen LogP contribution < -0.4 is 5.32 Å². The Kier molecular flexibility index (Phi) is 8.88. The van der Waals surface area contributed by atoms with Crippen molar-refractivity contribution in [3.8, 4) is 0 Å². The second-order valence-electron chi connectivity index (χ2n) is 8.21. The van der Waals surface area contributed by atoms with Gasteiger partial charge in [-0.15, -0.1) is 0 Å². The summed E-state index contributed by atoms with van der Waals surface area (Å²) < 4.78 is 10.3. The van der Waals surface area contributed by atoms with Gasteiger partial charge in [0, 0.05) is 6.54 Å². The Morgan fingerprint density at radius 1 is 1.00 bits per heavy atom. The number of hydrogen-bond acceptors (Lipinski definition) is 5. The molecule has 1 amide bonds. The molecule has 0 aliphatic heterocycles. The molecule has 0 unspecified atom stereocenters. The fourth-order valence-corrected chi connectivity index (χ4v) is 3.10. The van der Waals surface area contributed by atoms with Crippen LogP contribution in [0, 0.1) is 10.8 Å². The number of hydrogen-bond donors (Lipinski definition) is 2. The highest BCUT2D eigenvalue weighted by molar-refractivity contribution is 5.75. The third-order valence-electron chi connectivity index (χ3n) is 4.67. The van der Waals surface area contributed by atoms with E-state index in [4.69, 9.17) is 14.6 Å². The number of esters is 1. The van der Waals surface area contributed by atoms with Gasteiger partial charge in [-0.2, -0.15) is 0 Å². The topological polar surface area (TPSA) is 102 Å². The lowest BCUT2D eigenvalue weighted by atomic mass is 9.72. The zero-order valence-corrected chi connectivity index (χ0v) is 16.3. The van der Waals surface area contributed by atoms with Crippen LogP contribution in [0.3, 0.4) is 0 Å². The highest BCUT2D eigenvalue weighted by Crippen LogP contribution is 2.38. The van der Waals surface area contributed by atoms with Crippen molar-refractivity contribution in [3.05, 3.63) is 0 Å². The molecular weight excluding hydrogens is 338 g/mol. The third-order valence-corrected chi connectivity index (χ3v) is 4.67. The Bertz CT molecular complexity index is 477. The molecular formula is C19H33NO6. The molecule has 0 atom stereocenters. The minimum atomic E-state index is -0.827. The predicted octanol–water partition coefficient (Wildman–Crippen LogP) is 3.51. The van der Waals surface area contributed by atoms with Gasteiger partial charge in [-0.25, -0.2) is 4.79 Å². The number of carboxylic acids is 1. The molecule has 0 aromatic rings. The minimum Gasteiger partial charge on any atom is -0.481 e. The Morgan fingerprint density at radius 3 is 2.12 bits per heavy atom. The van der Waals surface area contributed by atoms with E-state index in [2.05, 4.69) is 5.32 Å². The summed E-state index contributed by atoms with van der Waals surface area (Å²) in [7, 11) is 0. The molecule has 0 bridgehead atoms. The molecule has 0 radical (unpaired) electrons. The normalized spacial score (nSPS) is 16.6. The largest absolute Gasteiger partial charge is 0.481 e. The number of rotatable bonds is 9. The number of unbranched alkanes of at least 4 members (excludes halogenated alkanes) is 1. The summed E-state index contributed by atoms with van der Waals surface area (Å²) in [5.74, 6) is -1.07. The Balaban J connectivity index is 2.19. The molecule has 1 saturated carbocycles. The Morgan fingerprint density at radius 2 is 1.58 bits per heavy atom. The van der Waals surface area contributed by atoms with E-state index in [0.717, 1.165) is 32.1 Å². The number of carbonyl (C=O) groups is 3. The summed E-state index contributed by atoms with van der Waals surface area (Å²) in [6.45, 7) is 6.28. The number of nitrogens with one attached hydrogen (secondary N) is 1. The van der Waals surface area contributed by atoms with Crippen LogP contribution in [0.25, 0.3) is 0 Å². The van der Waals surface area contributed by atoms with Gasteiger partial charge in [-0.3, -0.25) is 9.59 Å². The first-order chi connectivity index (χ1) is 12.1. The zero-order chi connectivity index (χ0) is 19.6. The number of carboxylic acid groups (broad SMARTS) is 1. The maximum atomic E-state index is 11.8. The van der Waals surface area contributed by atoms with Crippen LogP contribution in [-0.2, 0) is 19.1 Å². The first-order valence-electron chi connectivity index (χ1n) is 9.44. The first kappa shape index (κ1) is 22.3. The molecule has 1 fully saturated rings. The van der Waals surface area contributed by atoms with Crippen LogP contribution in [-0.4, -0.2) is 42.9 Å². The number of alkyl carbamates (subject to hydrolysis) is 1. The average molecular weight is 371 g/mol. The number of aliphatic carboxylic acids is 1. The molecule has 1 aliphatic carbocycles. The van der Waals surface area contributed by atoms with Crippen molar-refractivity contribution in [2.24, 2.45) is 10.8 Å². The SMILES string of the molecule is CC(C)(C)C(=O)OCCCCOC(=O)NCC1(CC(=O)O)CCCCC1. The molecule has 2 N–H and O–H groups in total. The second kappa shape index (κ2) is 10.4. The van der Waals surface area contributed by atoms with Gasteiger partial charge in [0.1, 0.15) is 0 Å². The summed E-state index contributed by atoms with van der Waals surface area (Å²) in [4.78, 5) is 34.5. The molecule has 0 saturated heterocycles. The monoisotopic (exact) mass is 371 g/mol. The summed E-state index contributed by atoms with van der Waals surface area (Å²) >= 11 is 0. The lowest BCUT2D eigenvalue weighted by molar-refractivity contribution is -0.153. The van der Waals surface area contributed by atoms with Crippen molar-refractivity contribution in [2.45, 2.75) is 72.1 Å². The van der Waals surface area contributed by atoms with Gasteiger partial charge >= 0.3 is 18.0 Å². The van der Waals surface area contributed by atoms with Crippen molar-refractivity contribution >= 4 is 18.0 Å². The van der Waals surface area contributed by atoms with Crippen molar-refractivity contribution in [2.75, 3.05) is 19.8 Å². The molecule has 0 spiro atoms. The lowest BCUT2D eigenvalue weighted by Crippen LogP contribution is -2.40. The lowest BCUT2D eigenvalue weighted by Gasteiger charge is -2.36. The van der Waals surface area contributed by atoms with Crippen molar-refractivity contribution in [1.82, 2.24) is 5.32 Å². The molecule has 0 heterocycles. The average Bonchev–Trinajstić information content (AvgIpc) is 2.55. The van der Waals surface area contributed by atoms with Crippen LogP contribution in [0.15, 0.2) is 0 Å². The molecule has 1 rings (SSSR count). The summed E-state index contributed by atoms with van der Waals surface area (Å²) in [5.41, 5.74) is -0.869. The molecule has 7 heteroatoms. The van der Waals surface area contributed by atoms with E-state index in [0.29, 0.717) is 26.0 Å². The molecule has 26 heavy (non-hydrogen) atoms. The predicted molar refractivity (Wildman–Crippen MR) is 96.8 cm³/mol. The van der Waals surface area contributed by atoms with Crippen LogP contribution >= 0.6 is 0 Å². The maximum Gasteiger partial charge on any atom is 0.407 e. The smallest absolute Gasteiger partial charge is 0.407 e. The van der Waals surface area contributed by atoms with Gasteiger partial charge < -0.3 is 19.9 Å². The maximum absolute atomic E-state index is 11.8. The van der Waals surface area contributed by atoms with E-state index in [1.165, 1.54) is 0 Å². The highest BCUT2D eigenvalue weighted by atomic mass is 16.5. The third kappa shape index (κ3) is 8.54. The number of carbonyl (C=O) groups excluding carboxylic acids is 2. The summed E-state index contributed by atoms with van der Waals surface area (Å²) in [6, 6.07) is 0. The number of amides is 1. The Labute approximate surface area is 155 Å². The van der Waals surface area contributed by atoms with E-state index in [1.54, 1.807) is 20.8 Å². The highest BCUT2D eigenvalue weighted by Gasteiger charge is 2.34. The van der Waals surface area contributed by atoms with Gasteiger partial charge in [0.25, 0.3) is 0 Å². The molecule has 0 aromatic heterocycles. The fourth-order valence-electron chi connectivity index (χ4n) is 3.10. The van der Waals surface area contributed by atoms with Gasteiger partial charge in [0.2, 0.25) is 0 Å². The van der Waals surface area contributed by atoms with Crippen LogP contribution in [0.1, 0.15) is 72.1 Å². The van der Waals surface area contributed by atoms with E-state index in [9.17, 15) is 14.4 Å². The van der Waals surface area contributed by atoms with Gasteiger partial charge in [0.15, 0.2) is 0 Å². The molecule has 0 aromatic carbocycles. The fraction of sp³-hybridized carbons (Fsp3) is 0.842. The van der Waals surface area contributed by atoms with Crippen molar-refractivity contribution in [1.29, 1.82) is 0 Å². The van der Waals surface area contributed by atoms with Gasteiger partial charge in [-0.1, -0.05) is 19.3 Å². The summed E-state index contributed by atoms with van der Waals surface area (Å²) in [6.07, 6.45) is 5.53. The first-order valence-corrected chi connectivity index (χ1v) is 9.44. The standard InChI is InChI=1S/C19H33NO6/c1-18(2,3)16(23)25-11-7-8-12-26-17(24)20-14-19(13-15(21)22)9-5-4-6-10-19/h4-14H2,1-3H3,(H,20,24)(H,21,22). The minimum absolute atomic E-state index is 0.0758. The van der Waals surface area contributed by atoms with Gasteiger partial charge in [0.05, 0.1) is 25.0 Å². The quantitative estimate of drug-likeness (QED) is 0.475. The van der Waals surface area contributed by atoms with E-state index >= 15 is 0 Å². The van der Waals surface area contributed by atoms with E-state index < -0.39 is 17.5 Å². The zero-order valence-electron chi connectivity index (χ0n) is 16.3. The van der Waals surface area contributed by atoms with E-state index in [-0.39, 0.29) is 24.4 Å². The molecule has 150 valence electrons. The molecule has 7 nitrogen and oxygen atoms in total. The number of ether oxygens (including phenoxy) is 2. The van der Waals surface area contributed by atoms with Crippen LogP contribution in [0.2, 0.25) is 0 Å². The Hall–Kier alpha value is -1.79. The second-order valence-corrected chi connectivity index (χ2v) is 8.21. The van der Waals surface area contributed by atoms with Crippen molar-refractivity contribution < 1.29 is 29.0 Å². The van der Waals surface area contributed by atoms with E-state index in [1.807, 2.05) is 0 Å². The molecule has 1 aliphatic rings.